The van der Waals surface area contributed by atoms with Crippen LogP contribution in [0.15, 0.2) is 52.3 Å². The Hall–Kier alpha value is -1.41. The van der Waals surface area contributed by atoms with Gasteiger partial charge in [-0.15, -0.1) is 0 Å². The third kappa shape index (κ3) is 2.01. The lowest BCUT2D eigenvalue weighted by atomic mass is 9.87. The zero-order chi connectivity index (χ0) is 12.8. The zero-order valence-electron chi connectivity index (χ0n) is 10.9. The van der Waals surface area contributed by atoms with Crippen molar-refractivity contribution in [3.63, 3.8) is 0 Å². The Morgan fingerprint density at radius 3 is 2.39 bits per heavy atom. The average Bonchev–Trinajstić information content (AvgIpc) is 2.34. The Morgan fingerprint density at radius 1 is 0.889 bits per heavy atom. The minimum Gasteiger partial charge on any atom is -0.455 e. The molecule has 0 aliphatic carbocycles. The van der Waals surface area contributed by atoms with Crippen LogP contribution in [0.2, 0.25) is 0 Å². The smallest absolute Gasteiger partial charge is 0.141 e. The van der Waals surface area contributed by atoms with E-state index >= 15 is 0 Å². The van der Waals surface area contributed by atoms with Gasteiger partial charge in [0.15, 0.2) is 0 Å². The van der Waals surface area contributed by atoms with E-state index in [-0.39, 0.29) is 5.41 Å². The number of para-hydroxylation sites is 1. The molecule has 3 rings (SSSR count). The van der Waals surface area contributed by atoms with Gasteiger partial charge in [-0.3, -0.25) is 0 Å². The number of ether oxygens (including phenoxy) is 1. The van der Waals surface area contributed by atoms with Gasteiger partial charge in [0.05, 0.1) is 9.79 Å². The second-order valence-electron chi connectivity index (χ2n) is 5.56. The van der Waals surface area contributed by atoms with Crippen LogP contribution in [0.25, 0.3) is 0 Å². The molecule has 0 unspecified atom stereocenters. The van der Waals surface area contributed by atoms with Crippen molar-refractivity contribution in [2.45, 2.75) is 36.0 Å². The first-order valence-electron chi connectivity index (χ1n) is 6.13. The van der Waals surface area contributed by atoms with E-state index in [0.29, 0.717) is 0 Å². The Kier molecular flexibility index (Phi) is 2.63. The summed E-state index contributed by atoms with van der Waals surface area (Å²) in [7, 11) is 0. The van der Waals surface area contributed by atoms with Gasteiger partial charge in [-0.1, -0.05) is 50.7 Å². The Labute approximate surface area is 112 Å². The number of hydrogen-bond donors (Lipinski definition) is 0. The van der Waals surface area contributed by atoms with E-state index in [1.54, 1.807) is 11.8 Å². The number of rotatable bonds is 0. The van der Waals surface area contributed by atoms with Gasteiger partial charge in [0.1, 0.15) is 11.5 Å². The van der Waals surface area contributed by atoms with Crippen molar-refractivity contribution in [2.75, 3.05) is 0 Å². The Balaban J connectivity index is 2.04. The molecule has 0 bridgehead atoms. The first-order valence-corrected chi connectivity index (χ1v) is 6.95. The first kappa shape index (κ1) is 11.7. The van der Waals surface area contributed by atoms with Crippen molar-refractivity contribution >= 4 is 11.8 Å². The van der Waals surface area contributed by atoms with Gasteiger partial charge in [-0.05, 0) is 35.2 Å². The molecule has 92 valence electrons. The Bertz CT molecular complexity index is 596. The summed E-state index contributed by atoms with van der Waals surface area (Å²) >= 11 is 1.78. The molecule has 0 N–H and O–H groups in total. The van der Waals surface area contributed by atoms with E-state index < -0.39 is 0 Å². The summed E-state index contributed by atoms with van der Waals surface area (Å²) in [6.07, 6.45) is 0. The molecular formula is C16H16OS. The number of benzene rings is 2. The number of hydrogen-bond acceptors (Lipinski definition) is 2. The molecule has 1 heterocycles. The minimum absolute atomic E-state index is 0.153. The van der Waals surface area contributed by atoms with Crippen LogP contribution in [-0.4, -0.2) is 0 Å². The van der Waals surface area contributed by atoms with E-state index in [4.69, 9.17) is 4.74 Å². The molecule has 0 saturated carbocycles. The molecule has 1 nitrogen and oxygen atoms in total. The summed E-state index contributed by atoms with van der Waals surface area (Å²) in [5, 5.41) is 0. The van der Waals surface area contributed by atoms with E-state index in [0.717, 1.165) is 11.5 Å². The molecule has 2 aromatic carbocycles. The molecule has 2 aromatic rings. The fourth-order valence-electron chi connectivity index (χ4n) is 1.99. The molecule has 0 aromatic heterocycles. The minimum atomic E-state index is 0.153. The van der Waals surface area contributed by atoms with Crippen molar-refractivity contribution in [3.8, 4) is 11.5 Å². The molecule has 1 aliphatic rings. The maximum absolute atomic E-state index is 5.99. The molecule has 0 spiro atoms. The van der Waals surface area contributed by atoms with Gasteiger partial charge >= 0.3 is 0 Å². The number of fused-ring (bicyclic) bond motifs is 2. The standard InChI is InChI=1S/C16H16OS/c1-16(2,3)11-8-9-15-13(10-11)17-12-6-4-5-7-14(12)18-15/h4-10H,1-3H3. The highest BCUT2D eigenvalue weighted by Crippen LogP contribution is 2.47. The van der Waals surface area contributed by atoms with Gasteiger partial charge in [-0.25, -0.2) is 0 Å². The third-order valence-corrected chi connectivity index (χ3v) is 4.21. The van der Waals surface area contributed by atoms with E-state index in [2.05, 4.69) is 45.0 Å². The van der Waals surface area contributed by atoms with Gasteiger partial charge < -0.3 is 4.74 Å². The van der Waals surface area contributed by atoms with Crippen LogP contribution in [0.4, 0.5) is 0 Å². The van der Waals surface area contributed by atoms with Gasteiger partial charge in [-0.2, -0.15) is 0 Å². The van der Waals surface area contributed by atoms with Crippen LogP contribution in [-0.2, 0) is 5.41 Å². The maximum Gasteiger partial charge on any atom is 0.141 e. The molecule has 1 aliphatic heterocycles. The van der Waals surface area contributed by atoms with Crippen LogP contribution >= 0.6 is 11.8 Å². The van der Waals surface area contributed by atoms with Crippen LogP contribution < -0.4 is 4.74 Å². The molecular weight excluding hydrogens is 240 g/mol. The second-order valence-corrected chi connectivity index (χ2v) is 6.65. The van der Waals surface area contributed by atoms with Gasteiger partial charge in [0.25, 0.3) is 0 Å². The van der Waals surface area contributed by atoms with Crippen LogP contribution in [0, 0.1) is 0 Å². The molecule has 0 fully saturated rings. The van der Waals surface area contributed by atoms with Gasteiger partial charge in [0.2, 0.25) is 0 Å². The molecule has 2 heteroatoms. The fraction of sp³-hybridized carbons (Fsp3) is 0.250. The highest BCUT2D eigenvalue weighted by atomic mass is 32.2. The summed E-state index contributed by atoms with van der Waals surface area (Å²) in [6, 6.07) is 14.7. The lowest BCUT2D eigenvalue weighted by molar-refractivity contribution is 0.451. The molecule has 0 amide bonds. The van der Waals surface area contributed by atoms with Crippen LogP contribution in [0.5, 0.6) is 11.5 Å². The SMILES string of the molecule is CC(C)(C)c1ccc2c(c1)Oc1ccccc1S2. The fourth-order valence-corrected chi connectivity index (χ4v) is 2.93. The predicted molar refractivity (Wildman–Crippen MR) is 75.8 cm³/mol. The van der Waals surface area contributed by atoms with Gasteiger partial charge in [0, 0.05) is 0 Å². The lowest BCUT2D eigenvalue weighted by Gasteiger charge is -2.24. The summed E-state index contributed by atoms with van der Waals surface area (Å²) in [4.78, 5) is 2.38. The maximum atomic E-state index is 5.99. The van der Waals surface area contributed by atoms with E-state index in [9.17, 15) is 0 Å². The second kappa shape index (κ2) is 4.06. The van der Waals surface area contributed by atoms with Crippen molar-refractivity contribution < 1.29 is 4.74 Å². The molecule has 18 heavy (non-hydrogen) atoms. The highest BCUT2D eigenvalue weighted by Gasteiger charge is 2.21. The van der Waals surface area contributed by atoms with Crippen LogP contribution in [0.1, 0.15) is 26.3 Å². The predicted octanol–water partition coefficient (Wildman–Crippen LogP) is 5.24. The van der Waals surface area contributed by atoms with E-state index in [1.165, 1.54) is 15.4 Å². The summed E-state index contributed by atoms with van der Waals surface area (Å²) < 4.78 is 5.99. The molecule has 0 atom stereocenters. The molecule has 0 radical (unpaired) electrons. The van der Waals surface area contributed by atoms with Crippen molar-refractivity contribution in [2.24, 2.45) is 0 Å². The van der Waals surface area contributed by atoms with Crippen molar-refractivity contribution in [3.05, 3.63) is 48.0 Å². The van der Waals surface area contributed by atoms with Crippen molar-refractivity contribution in [1.82, 2.24) is 0 Å². The highest BCUT2D eigenvalue weighted by molar-refractivity contribution is 7.99. The summed E-state index contributed by atoms with van der Waals surface area (Å²) in [5.41, 5.74) is 1.46. The zero-order valence-corrected chi connectivity index (χ0v) is 11.7. The monoisotopic (exact) mass is 256 g/mol. The molecule has 0 saturated heterocycles. The summed E-state index contributed by atoms with van der Waals surface area (Å²) in [6.45, 7) is 6.66. The van der Waals surface area contributed by atoms with Crippen molar-refractivity contribution in [1.29, 1.82) is 0 Å². The summed E-state index contributed by atoms with van der Waals surface area (Å²) in [5.74, 6) is 1.94. The largest absolute Gasteiger partial charge is 0.455 e. The first-order chi connectivity index (χ1) is 8.54. The third-order valence-electron chi connectivity index (χ3n) is 3.10. The quantitative estimate of drug-likeness (QED) is 0.544. The Morgan fingerprint density at radius 2 is 1.61 bits per heavy atom. The van der Waals surface area contributed by atoms with E-state index in [1.807, 2.05) is 18.2 Å². The van der Waals surface area contributed by atoms with Crippen LogP contribution in [0.3, 0.4) is 0 Å². The topological polar surface area (TPSA) is 9.23 Å². The average molecular weight is 256 g/mol. The normalized spacial score (nSPS) is 13.5. The lowest BCUT2D eigenvalue weighted by Crippen LogP contribution is -2.11.